The van der Waals surface area contributed by atoms with Gasteiger partial charge in [0.1, 0.15) is 0 Å². The van der Waals surface area contributed by atoms with Crippen LogP contribution in [-0.4, -0.2) is 31.0 Å². The first-order valence-corrected chi connectivity index (χ1v) is 14.0. The van der Waals surface area contributed by atoms with Crippen LogP contribution in [0.4, 0.5) is 0 Å². The number of thiol groups is 1. The highest BCUT2D eigenvalue weighted by molar-refractivity contribution is 7.82. The molecule has 0 bridgehead atoms. The molecule has 0 aromatic heterocycles. The average molecular weight is 471 g/mol. The van der Waals surface area contributed by atoms with Gasteiger partial charge < -0.3 is 9.47 Å². The molecule has 0 N–H and O–H groups in total. The maximum absolute atomic E-state index is 11.1. The van der Waals surface area contributed by atoms with Crippen molar-refractivity contribution in [2.45, 2.75) is 136 Å². The number of ether oxygens (including phenoxy) is 2. The van der Waals surface area contributed by atoms with Crippen LogP contribution in [0.1, 0.15) is 125 Å². The second-order valence-corrected chi connectivity index (χ2v) is 12.3. The van der Waals surface area contributed by atoms with Gasteiger partial charge in [0.05, 0.1) is 6.10 Å². The molecular weight excluding hydrogens is 416 g/mol. The molecular formula is C28H54O3S. The monoisotopic (exact) mass is 470 g/mol. The van der Waals surface area contributed by atoms with Gasteiger partial charge in [-0.2, -0.15) is 0 Å². The van der Waals surface area contributed by atoms with Crippen molar-refractivity contribution in [1.29, 1.82) is 0 Å². The maximum Gasteiger partial charge on any atom is 0.166 e. The Bertz CT molecular complexity index is 491. The summed E-state index contributed by atoms with van der Waals surface area (Å²) in [5, 5.41) is 0. The number of hydrogen-bond acceptors (Lipinski definition) is 4. The van der Waals surface area contributed by atoms with Crippen LogP contribution in [0.5, 0.6) is 0 Å². The molecule has 0 aliphatic heterocycles. The zero-order valence-corrected chi connectivity index (χ0v) is 23.1. The lowest BCUT2D eigenvalue weighted by Crippen LogP contribution is -2.34. The van der Waals surface area contributed by atoms with E-state index >= 15 is 0 Å². The zero-order valence-electron chi connectivity index (χ0n) is 22.2. The molecule has 2 aliphatic rings. The molecule has 0 radical (unpaired) electrons. The lowest BCUT2D eigenvalue weighted by atomic mass is 9.67. The van der Waals surface area contributed by atoms with E-state index in [0.29, 0.717) is 17.8 Å². The third kappa shape index (κ3) is 12.4. The second kappa shape index (κ2) is 15.8. The van der Waals surface area contributed by atoms with E-state index < -0.39 is 4.93 Å². The average Bonchev–Trinajstić information content (AvgIpc) is 2.77. The fourth-order valence-corrected chi connectivity index (χ4v) is 5.62. The first-order valence-electron chi connectivity index (χ1n) is 13.5. The van der Waals surface area contributed by atoms with E-state index in [9.17, 15) is 4.79 Å². The number of aldehydes is 1. The van der Waals surface area contributed by atoms with E-state index in [1.165, 1.54) is 64.2 Å². The molecule has 2 fully saturated rings. The second-order valence-electron chi connectivity index (χ2n) is 11.5. The highest BCUT2D eigenvalue weighted by Gasteiger charge is 2.32. The van der Waals surface area contributed by atoms with Gasteiger partial charge in [-0.25, -0.2) is 0 Å². The molecule has 3 nitrogen and oxygen atoms in total. The molecule has 0 saturated heterocycles. The molecule has 0 spiro atoms. The Labute approximate surface area is 205 Å². The smallest absolute Gasteiger partial charge is 0.166 e. The molecule has 2 aliphatic carbocycles. The Balaban J connectivity index is 0.000000320. The summed E-state index contributed by atoms with van der Waals surface area (Å²) in [6.07, 6.45) is 18.5. The summed E-state index contributed by atoms with van der Waals surface area (Å²) < 4.78 is 11.1. The van der Waals surface area contributed by atoms with Crippen LogP contribution < -0.4 is 0 Å². The minimum absolute atomic E-state index is 0.239. The van der Waals surface area contributed by atoms with Crippen LogP contribution in [0.25, 0.3) is 0 Å². The van der Waals surface area contributed by atoms with Gasteiger partial charge in [0.2, 0.25) is 0 Å². The minimum atomic E-state index is -0.855. The van der Waals surface area contributed by atoms with Crippen LogP contribution in [0.3, 0.4) is 0 Å². The Morgan fingerprint density at radius 2 is 1.81 bits per heavy atom. The molecule has 4 unspecified atom stereocenters. The third-order valence-corrected chi connectivity index (χ3v) is 8.14. The van der Waals surface area contributed by atoms with E-state index in [1.807, 2.05) is 7.11 Å². The van der Waals surface area contributed by atoms with Crippen molar-refractivity contribution in [3.05, 3.63) is 0 Å². The van der Waals surface area contributed by atoms with Crippen LogP contribution in [0.15, 0.2) is 0 Å². The van der Waals surface area contributed by atoms with Gasteiger partial charge in [-0.1, -0.05) is 73.1 Å². The van der Waals surface area contributed by atoms with Gasteiger partial charge in [0.15, 0.2) is 11.2 Å². The quantitative estimate of drug-likeness (QED) is 0.177. The van der Waals surface area contributed by atoms with Crippen molar-refractivity contribution in [2.75, 3.05) is 13.7 Å². The van der Waals surface area contributed by atoms with Crippen molar-refractivity contribution in [2.24, 2.45) is 23.2 Å². The summed E-state index contributed by atoms with van der Waals surface area (Å²) in [6.45, 7) is 12.4. The fraction of sp³-hybridized carbons (Fsp3) is 0.964. The Morgan fingerprint density at radius 1 is 1.12 bits per heavy atom. The molecule has 4 heteroatoms. The van der Waals surface area contributed by atoms with Crippen molar-refractivity contribution in [3.63, 3.8) is 0 Å². The highest BCUT2D eigenvalue weighted by atomic mass is 32.1. The van der Waals surface area contributed by atoms with E-state index in [1.54, 1.807) is 0 Å². The van der Waals surface area contributed by atoms with Gasteiger partial charge in [-0.05, 0) is 74.5 Å². The Kier molecular flexibility index (Phi) is 14.8. The van der Waals surface area contributed by atoms with Gasteiger partial charge in [-0.3, -0.25) is 4.79 Å². The predicted octanol–water partition coefficient (Wildman–Crippen LogP) is 8.25. The minimum Gasteiger partial charge on any atom is -0.385 e. The van der Waals surface area contributed by atoms with Crippen molar-refractivity contribution >= 4 is 18.9 Å². The molecule has 0 amide bonds. The first kappa shape index (κ1) is 30.0. The summed E-state index contributed by atoms with van der Waals surface area (Å²) in [4.78, 5) is 10.3. The largest absolute Gasteiger partial charge is 0.385 e. The summed E-state index contributed by atoms with van der Waals surface area (Å²) in [5.41, 5.74) is 0.562. The number of hydrogen-bond donors (Lipinski definition) is 1. The molecule has 2 rings (SSSR count). The van der Waals surface area contributed by atoms with E-state index in [0.717, 1.165) is 44.0 Å². The van der Waals surface area contributed by atoms with Crippen molar-refractivity contribution < 1.29 is 14.3 Å². The first-order chi connectivity index (χ1) is 15.1. The Hall–Kier alpha value is -0.0600. The van der Waals surface area contributed by atoms with E-state index in [4.69, 9.17) is 9.47 Å². The lowest BCUT2D eigenvalue weighted by Gasteiger charge is -2.39. The van der Waals surface area contributed by atoms with Crippen LogP contribution in [0.2, 0.25) is 0 Å². The van der Waals surface area contributed by atoms with Crippen molar-refractivity contribution in [1.82, 2.24) is 0 Å². The van der Waals surface area contributed by atoms with Crippen LogP contribution in [0, 0.1) is 23.2 Å². The number of carbonyl (C=O) groups is 1. The molecule has 0 aromatic carbocycles. The van der Waals surface area contributed by atoms with Crippen molar-refractivity contribution in [3.8, 4) is 0 Å². The van der Waals surface area contributed by atoms with E-state index in [-0.39, 0.29) is 6.10 Å². The van der Waals surface area contributed by atoms with Crippen LogP contribution in [-0.2, 0) is 14.3 Å². The Morgan fingerprint density at radius 3 is 2.38 bits per heavy atom. The highest BCUT2D eigenvalue weighted by Crippen LogP contribution is 2.43. The van der Waals surface area contributed by atoms with Gasteiger partial charge >= 0.3 is 0 Å². The summed E-state index contributed by atoms with van der Waals surface area (Å²) in [5.74, 6) is 2.47. The third-order valence-electron chi connectivity index (χ3n) is 7.70. The fourth-order valence-electron chi connectivity index (χ4n) is 5.34. The number of rotatable bonds is 12. The van der Waals surface area contributed by atoms with E-state index in [2.05, 4.69) is 47.2 Å². The molecule has 190 valence electrons. The molecule has 2 saturated carbocycles. The van der Waals surface area contributed by atoms with Gasteiger partial charge in [-0.15, -0.1) is 12.6 Å². The number of methoxy groups -OCH3 is 1. The summed E-state index contributed by atoms with van der Waals surface area (Å²) in [7, 11) is 1.82. The molecule has 4 atom stereocenters. The maximum atomic E-state index is 11.1. The standard InChI is InChI=1S/C15H30O.C13H24O2S/c1-5-13(2)11-14-7-6-8-15(3,12-14)9-10-16-4;1-11(2)8-9-13(16,10-14)15-12-6-4-3-5-7-12/h13-14H,5-12H2,1-4H3;10-12,16H,3-9H2,1-2H3. The normalized spacial score (nSPS) is 27.3. The molecule has 0 aromatic rings. The zero-order chi connectivity index (χ0) is 24.0. The lowest BCUT2D eigenvalue weighted by molar-refractivity contribution is -0.128. The summed E-state index contributed by atoms with van der Waals surface area (Å²) >= 11 is 4.41. The SMILES string of the molecule is CC(C)CCC(S)(C=O)OC1CCCCC1.CCC(C)CC1CCCC(C)(CCOC)C1. The number of carbonyl (C=O) groups excluding carboxylic acids is 1. The van der Waals surface area contributed by atoms with Gasteiger partial charge in [0, 0.05) is 13.7 Å². The summed E-state index contributed by atoms with van der Waals surface area (Å²) in [6, 6.07) is 0. The predicted molar refractivity (Wildman–Crippen MR) is 140 cm³/mol. The molecule has 0 heterocycles. The van der Waals surface area contributed by atoms with Gasteiger partial charge in [0.25, 0.3) is 0 Å². The molecule has 32 heavy (non-hydrogen) atoms. The van der Waals surface area contributed by atoms with Crippen LogP contribution >= 0.6 is 12.6 Å². The topological polar surface area (TPSA) is 35.5 Å².